The highest BCUT2D eigenvalue weighted by Crippen LogP contribution is 2.49. The van der Waals surface area contributed by atoms with Gasteiger partial charge in [-0.05, 0) is 54.1 Å². The second-order valence-corrected chi connectivity index (χ2v) is 17.0. The van der Waals surface area contributed by atoms with E-state index < -0.39 is 0 Å². The molecule has 0 saturated carbocycles. The van der Waals surface area contributed by atoms with Gasteiger partial charge >= 0.3 is 0 Å². The molecule has 4 heterocycles. The fourth-order valence-electron chi connectivity index (χ4n) is 9.64. The second-order valence-electron chi connectivity index (χ2n) is 15.9. The quantitative estimate of drug-likeness (QED) is 0.168. The molecule has 0 N–H and O–H groups in total. The minimum Gasteiger partial charge on any atom is -0.309 e. The van der Waals surface area contributed by atoms with Crippen LogP contribution in [0.2, 0.25) is 0 Å². The predicted molar refractivity (Wildman–Crippen MR) is 263 cm³/mol. The summed E-state index contributed by atoms with van der Waals surface area (Å²) in [5.74, 6) is 1.94. The van der Waals surface area contributed by atoms with Gasteiger partial charge in [0, 0.05) is 69.7 Å². The van der Waals surface area contributed by atoms with Gasteiger partial charge in [-0.3, -0.25) is 0 Å². The van der Waals surface area contributed by atoms with E-state index in [4.69, 9.17) is 15.0 Å². The lowest BCUT2D eigenvalue weighted by atomic mass is 9.98. The Bertz CT molecular complexity index is 3830. The maximum Gasteiger partial charge on any atom is 0.165 e. The van der Waals surface area contributed by atoms with Crippen molar-refractivity contribution in [3.63, 3.8) is 0 Å². The minimum absolute atomic E-state index is 0.645. The lowest BCUT2D eigenvalue weighted by Gasteiger charge is -2.15. The van der Waals surface area contributed by atoms with Gasteiger partial charge in [-0.25, -0.2) is 15.0 Å². The molecule has 63 heavy (non-hydrogen) atoms. The Morgan fingerprint density at radius 2 is 0.873 bits per heavy atom. The Morgan fingerprint density at radius 1 is 0.349 bits per heavy atom. The van der Waals surface area contributed by atoms with Crippen molar-refractivity contribution in [1.29, 1.82) is 0 Å². The van der Waals surface area contributed by atoms with Crippen molar-refractivity contribution in [2.75, 3.05) is 0 Å². The predicted octanol–water partition coefficient (Wildman–Crippen LogP) is 15.1. The number of benzene rings is 9. The zero-order valence-corrected chi connectivity index (χ0v) is 34.7. The molecule has 9 aromatic carbocycles. The normalized spacial score (nSPS) is 11.8. The van der Waals surface area contributed by atoms with Gasteiger partial charge < -0.3 is 9.13 Å². The van der Waals surface area contributed by atoms with E-state index in [1.165, 1.54) is 64.7 Å². The molecule has 5 nitrogen and oxygen atoms in total. The molecule has 0 unspecified atom stereocenters. The monoisotopic (exact) mass is 821 g/mol. The highest BCUT2D eigenvalue weighted by atomic mass is 32.1. The maximum atomic E-state index is 5.23. The Kier molecular flexibility index (Phi) is 8.01. The Hall–Kier alpha value is -8.19. The van der Waals surface area contributed by atoms with Gasteiger partial charge in [0.05, 0.1) is 27.8 Å². The van der Waals surface area contributed by atoms with E-state index in [1.807, 2.05) is 36.4 Å². The number of aromatic nitrogens is 5. The number of nitrogens with zero attached hydrogens (tertiary/aromatic N) is 5. The van der Waals surface area contributed by atoms with Gasteiger partial charge in [-0.15, -0.1) is 11.3 Å². The largest absolute Gasteiger partial charge is 0.309 e. The highest BCUT2D eigenvalue weighted by Gasteiger charge is 2.26. The maximum absolute atomic E-state index is 5.23. The van der Waals surface area contributed by atoms with Crippen LogP contribution in [0.1, 0.15) is 0 Å². The first-order valence-electron chi connectivity index (χ1n) is 21.2. The van der Waals surface area contributed by atoms with Gasteiger partial charge in [-0.1, -0.05) is 164 Å². The summed E-state index contributed by atoms with van der Waals surface area (Å²) in [4.78, 5) is 15.5. The van der Waals surface area contributed by atoms with E-state index in [2.05, 4.69) is 185 Å². The van der Waals surface area contributed by atoms with Crippen LogP contribution in [0.5, 0.6) is 0 Å². The van der Waals surface area contributed by atoms with Crippen molar-refractivity contribution in [1.82, 2.24) is 24.1 Å². The minimum atomic E-state index is 0.645. The van der Waals surface area contributed by atoms with Crippen LogP contribution in [0.3, 0.4) is 0 Å². The Balaban J connectivity index is 1.18. The van der Waals surface area contributed by atoms with Gasteiger partial charge in [-0.2, -0.15) is 0 Å². The molecule has 0 spiro atoms. The number of hydrogen-bond acceptors (Lipinski definition) is 4. The van der Waals surface area contributed by atoms with Crippen LogP contribution in [-0.2, 0) is 0 Å². The van der Waals surface area contributed by atoms with Gasteiger partial charge in [0.1, 0.15) is 0 Å². The Labute approximate surface area is 366 Å². The van der Waals surface area contributed by atoms with E-state index in [9.17, 15) is 0 Å². The molecular formula is C57H35N5S. The zero-order chi connectivity index (χ0) is 41.4. The molecule has 4 aromatic heterocycles. The van der Waals surface area contributed by atoms with Crippen molar-refractivity contribution in [3.05, 3.63) is 212 Å². The lowest BCUT2D eigenvalue weighted by molar-refractivity contribution is 1.08. The van der Waals surface area contributed by atoms with Crippen LogP contribution < -0.4 is 0 Å². The number of para-hydroxylation sites is 3. The SMILES string of the molecule is c1ccc(-c2nc(-c3ccccc3)nc(-c3ccc(-n4c5ccccc5c5cc(-c6ccccc6)c6c(c7ccccc7n6-c6ccccc6)c54)c4c3sc3ccccc34)n2)cc1. The van der Waals surface area contributed by atoms with Crippen LogP contribution in [0.4, 0.5) is 0 Å². The first-order valence-corrected chi connectivity index (χ1v) is 22.0. The molecule has 0 aliphatic heterocycles. The molecule has 294 valence electrons. The third kappa shape index (κ3) is 5.52. The molecule has 13 rings (SSSR count). The fourth-order valence-corrected chi connectivity index (χ4v) is 10.9. The van der Waals surface area contributed by atoms with E-state index in [-0.39, 0.29) is 0 Å². The smallest absolute Gasteiger partial charge is 0.165 e. The summed E-state index contributed by atoms with van der Waals surface area (Å²) >= 11 is 1.80. The van der Waals surface area contributed by atoms with Crippen LogP contribution in [0.15, 0.2) is 212 Å². The van der Waals surface area contributed by atoms with Crippen LogP contribution in [0.25, 0.3) is 120 Å². The summed E-state index contributed by atoms with van der Waals surface area (Å²) in [6, 6.07) is 75.6. The van der Waals surface area contributed by atoms with Crippen molar-refractivity contribution < 1.29 is 0 Å². The topological polar surface area (TPSA) is 48.5 Å². The molecule has 0 bridgehead atoms. The lowest BCUT2D eigenvalue weighted by Crippen LogP contribution is -2.01. The average molecular weight is 822 g/mol. The van der Waals surface area contributed by atoms with Gasteiger partial charge in [0.2, 0.25) is 0 Å². The highest BCUT2D eigenvalue weighted by molar-refractivity contribution is 7.26. The second kappa shape index (κ2) is 14.2. The van der Waals surface area contributed by atoms with Crippen LogP contribution in [0, 0.1) is 0 Å². The first-order chi connectivity index (χ1) is 31.3. The van der Waals surface area contributed by atoms with Crippen molar-refractivity contribution in [3.8, 4) is 56.7 Å². The van der Waals surface area contributed by atoms with Gasteiger partial charge in [0.15, 0.2) is 17.5 Å². The first kappa shape index (κ1) is 35.6. The summed E-state index contributed by atoms with van der Waals surface area (Å²) < 4.78 is 7.34. The molecular weight excluding hydrogens is 787 g/mol. The molecule has 0 amide bonds. The fraction of sp³-hybridized carbons (Fsp3) is 0. The third-order valence-electron chi connectivity index (χ3n) is 12.4. The molecule has 0 aliphatic rings. The van der Waals surface area contributed by atoms with Crippen molar-refractivity contribution in [2.24, 2.45) is 0 Å². The third-order valence-corrected chi connectivity index (χ3v) is 13.6. The summed E-state index contributed by atoms with van der Waals surface area (Å²) in [6.07, 6.45) is 0. The standard InChI is InChI=1S/C57H35N5S/c1-5-19-36(20-6-1)44-35-45-40-27-13-16-30-46(40)62(53(45)51-41-28-14-17-31-47(41)61(52(44)51)39-25-11-4-12-26-39)48-34-33-43(54-50(48)42-29-15-18-32-49(42)63-54)57-59-55(37-21-7-2-8-22-37)58-56(60-57)38-23-9-3-10-24-38/h1-35H. The van der Waals surface area contributed by atoms with Crippen molar-refractivity contribution in [2.45, 2.75) is 0 Å². The van der Waals surface area contributed by atoms with E-state index in [1.54, 1.807) is 11.3 Å². The van der Waals surface area contributed by atoms with Crippen LogP contribution in [-0.4, -0.2) is 24.1 Å². The number of fused-ring (bicyclic) bond motifs is 10. The molecule has 0 atom stereocenters. The molecule has 6 heteroatoms. The van der Waals surface area contributed by atoms with Crippen molar-refractivity contribution >= 4 is 75.1 Å². The zero-order valence-electron chi connectivity index (χ0n) is 33.9. The summed E-state index contributed by atoms with van der Waals surface area (Å²) in [7, 11) is 0. The molecule has 13 aromatic rings. The number of rotatable bonds is 6. The molecule has 0 aliphatic carbocycles. The average Bonchev–Trinajstić information content (AvgIpc) is 4.03. The number of thiophene rings is 1. The van der Waals surface area contributed by atoms with E-state index in [0.717, 1.165) is 38.3 Å². The summed E-state index contributed by atoms with van der Waals surface area (Å²) in [5, 5.41) is 7.21. The summed E-state index contributed by atoms with van der Waals surface area (Å²) in [5.41, 5.74) is 12.2. The Morgan fingerprint density at radius 3 is 1.54 bits per heavy atom. The number of hydrogen-bond donors (Lipinski definition) is 0. The molecule has 0 fully saturated rings. The van der Waals surface area contributed by atoms with Gasteiger partial charge in [0.25, 0.3) is 0 Å². The van der Waals surface area contributed by atoms with E-state index >= 15 is 0 Å². The van der Waals surface area contributed by atoms with Crippen LogP contribution >= 0.6 is 11.3 Å². The van der Waals surface area contributed by atoms with E-state index in [0.29, 0.717) is 17.5 Å². The molecule has 0 radical (unpaired) electrons. The molecule has 0 saturated heterocycles. The summed E-state index contributed by atoms with van der Waals surface area (Å²) in [6.45, 7) is 0.